The second-order valence-electron chi connectivity index (χ2n) is 4.94. The molecule has 3 heteroatoms. The number of aliphatic hydroxyl groups is 1. The van der Waals surface area contributed by atoms with Gasteiger partial charge in [-0.2, -0.15) is 0 Å². The molecule has 0 aliphatic carbocycles. The van der Waals surface area contributed by atoms with E-state index >= 15 is 0 Å². The molecule has 1 heterocycles. The molecular weight excluding hydrogens is 250 g/mol. The van der Waals surface area contributed by atoms with E-state index < -0.39 is 5.60 Å². The molecule has 1 atom stereocenters. The maximum absolute atomic E-state index is 11.1. The Bertz CT molecular complexity index is 705. The minimum absolute atomic E-state index is 0.215. The molecule has 3 aromatic rings. The van der Waals surface area contributed by atoms with Crippen molar-refractivity contribution in [3.63, 3.8) is 0 Å². The predicted molar refractivity (Wildman–Crippen MR) is 79.6 cm³/mol. The summed E-state index contributed by atoms with van der Waals surface area (Å²) < 4.78 is 5.25. The monoisotopic (exact) mass is 267 g/mol. The number of aromatic amines is 1. The largest absolute Gasteiger partial charge is 0.381 e. The average Bonchev–Trinajstić information content (AvgIpc) is 2.95. The Morgan fingerprint density at radius 1 is 1.05 bits per heavy atom. The van der Waals surface area contributed by atoms with Crippen molar-refractivity contribution in [2.45, 2.75) is 5.60 Å². The van der Waals surface area contributed by atoms with Gasteiger partial charge in [-0.15, -0.1) is 0 Å². The molecule has 0 saturated heterocycles. The van der Waals surface area contributed by atoms with E-state index in [4.69, 9.17) is 4.74 Å². The van der Waals surface area contributed by atoms with E-state index in [2.05, 4.69) is 4.98 Å². The quantitative estimate of drug-likeness (QED) is 0.763. The van der Waals surface area contributed by atoms with Gasteiger partial charge in [-0.1, -0.05) is 36.4 Å². The van der Waals surface area contributed by atoms with Crippen molar-refractivity contribution in [3.05, 3.63) is 71.9 Å². The van der Waals surface area contributed by atoms with E-state index in [1.165, 1.54) is 0 Å². The Balaban J connectivity index is 2.14. The topological polar surface area (TPSA) is 45.2 Å². The van der Waals surface area contributed by atoms with Crippen LogP contribution in [0.15, 0.2) is 60.8 Å². The van der Waals surface area contributed by atoms with Gasteiger partial charge in [-0.3, -0.25) is 0 Å². The first-order valence-corrected chi connectivity index (χ1v) is 6.58. The third kappa shape index (κ3) is 2.11. The summed E-state index contributed by atoms with van der Waals surface area (Å²) in [5, 5.41) is 12.2. The minimum atomic E-state index is -1.14. The lowest BCUT2D eigenvalue weighted by Crippen LogP contribution is -2.32. The van der Waals surface area contributed by atoms with E-state index in [1.54, 1.807) is 7.11 Å². The fourth-order valence-electron chi connectivity index (χ4n) is 2.57. The molecule has 3 nitrogen and oxygen atoms in total. The molecule has 1 aromatic heterocycles. The van der Waals surface area contributed by atoms with Gasteiger partial charge in [0.05, 0.1) is 6.61 Å². The van der Waals surface area contributed by atoms with Crippen LogP contribution in [0.3, 0.4) is 0 Å². The van der Waals surface area contributed by atoms with Gasteiger partial charge in [0.15, 0.2) is 0 Å². The molecule has 0 bridgehead atoms. The van der Waals surface area contributed by atoms with Crippen LogP contribution in [0, 0.1) is 0 Å². The third-order valence-corrected chi connectivity index (χ3v) is 3.64. The summed E-state index contributed by atoms with van der Waals surface area (Å²) in [4.78, 5) is 3.16. The number of aromatic nitrogens is 1. The number of H-pyrrole nitrogens is 1. The van der Waals surface area contributed by atoms with E-state index in [1.807, 2.05) is 60.8 Å². The van der Waals surface area contributed by atoms with Crippen LogP contribution in [0.25, 0.3) is 10.9 Å². The highest BCUT2D eigenvalue weighted by Gasteiger charge is 2.31. The summed E-state index contributed by atoms with van der Waals surface area (Å²) >= 11 is 0. The van der Waals surface area contributed by atoms with Gasteiger partial charge in [-0.05, 0) is 34.7 Å². The fourth-order valence-corrected chi connectivity index (χ4v) is 2.57. The highest BCUT2D eigenvalue weighted by atomic mass is 16.5. The molecule has 0 aliphatic heterocycles. The van der Waals surface area contributed by atoms with Crippen molar-refractivity contribution in [1.29, 1.82) is 0 Å². The Morgan fingerprint density at radius 2 is 1.85 bits per heavy atom. The Labute approximate surface area is 117 Å². The van der Waals surface area contributed by atoms with Crippen molar-refractivity contribution in [2.24, 2.45) is 0 Å². The number of hydrogen-bond donors (Lipinski definition) is 2. The molecule has 2 N–H and O–H groups in total. The van der Waals surface area contributed by atoms with Crippen LogP contribution in [-0.4, -0.2) is 23.8 Å². The number of rotatable bonds is 4. The lowest BCUT2D eigenvalue weighted by Gasteiger charge is -2.28. The summed E-state index contributed by atoms with van der Waals surface area (Å²) in [6.45, 7) is 0.215. The van der Waals surface area contributed by atoms with Gasteiger partial charge < -0.3 is 14.8 Å². The fraction of sp³-hybridized carbons (Fsp3) is 0.176. The smallest absolute Gasteiger partial charge is 0.138 e. The first kappa shape index (κ1) is 12.9. The SMILES string of the molecule is COCC(O)(c1ccccc1)c1ccc2[nH]ccc2c1. The number of methoxy groups -OCH3 is 1. The summed E-state index contributed by atoms with van der Waals surface area (Å²) in [5.41, 5.74) is 1.58. The lowest BCUT2D eigenvalue weighted by molar-refractivity contribution is -0.00318. The van der Waals surface area contributed by atoms with Gasteiger partial charge >= 0.3 is 0 Å². The van der Waals surface area contributed by atoms with Crippen molar-refractivity contribution < 1.29 is 9.84 Å². The lowest BCUT2D eigenvalue weighted by atomic mass is 9.86. The molecule has 2 aromatic carbocycles. The normalized spacial score (nSPS) is 14.3. The molecule has 102 valence electrons. The van der Waals surface area contributed by atoms with Crippen LogP contribution in [0.5, 0.6) is 0 Å². The maximum Gasteiger partial charge on any atom is 0.138 e. The molecule has 0 radical (unpaired) electrons. The van der Waals surface area contributed by atoms with Crippen molar-refractivity contribution in [3.8, 4) is 0 Å². The molecule has 0 spiro atoms. The summed E-state index contributed by atoms with van der Waals surface area (Å²) in [6, 6.07) is 17.5. The van der Waals surface area contributed by atoms with Crippen LogP contribution < -0.4 is 0 Å². The van der Waals surface area contributed by atoms with Crippen LogP contribution in [0.1, 0.15) is 11.1 Å². The Morgan fingerprint density at radius 3 is 2.60 bits per heavy atom. The highest BCUT2D eigenvalue weighted by Crippen LogP contribution is 2.31. The van der Waals surface area contributed by atoms with Crippen LogP contribution in [0.4, 0.5) is 0 Å². The maximum atomic E-state index is 11.1. The first-order chi connectivity index (χ1) is 9.74. The van der Waals surface area contributed by atoms with Crippen molar-refractivity contribution in [1.82, 2.24) is 4.98 Å². The molecule has 0 amide bonds. The number of hydrogen-bond acceptors (Lipinski definition) is 2. The molecule has 0 saturated carbocycles. The van der Waals surface area contributed by atoms with Crippen LogP contribution >= 0.6 is 0 Å². The van der Waals surface area contributed by atoms with Crippen molar-refractivity contribution in [2.75, 3.05) is 13.7 Å². The van der Waals surface area contributed by atoms with Gasteiger partial charge in [0, 0.05) is 18.8 Å². The molecule has 0 aliphatic rings. The van der Waals surface area contributed by atoms with Crippen LogP contribution in [-0.2, 0) is 10.3 Å². The molecule has 1 unspecified atom stereocenters. The number of ether oxygens (including phenoxy) is 1. The van der Waals surface area contributed by atoms with Crippen molar-refractivity contribution >= 4 is 10.9 Å². The number of benzene rings is 2. The minimum Gasteiger partial charge on any atom is -0.381 e. The zero-order valence-corrected chi connectivity index (χ0v) is 11.3. The van der Waals surface area contributed by atoms with E-state index in [-0.39, 0.29) is 6.61 Å². The van der Waals surface area contributed by atoms with Gasteiger partial charge in [0.2, 0.25) is 0 Å². The Hall–Kier alpha value is -2.10. The second kappa shape index (κ2) is 5.12. The first-order valence-electron chi connectivity index (χ1n) is 6.58. The zero-order chi connectivity index (χ0) is 14.0. The Kier molecular flexibility index (Phi) is 3.30. The predicted octanol–water partition coefficient (Wildman–Crippen LogP) is 3.05. The van der Waals surface area contributed by atoms with E-state index in [0.717, 1.165) is 22.0 Å². The summed E-state index contributed by atoms with van der Waals surface area (Å²) in [6.07, 6.45) is 1.90. The molecule has 0 fully saturated rings. The summed E-state index contributed by atoms with van der Waals surface area (Å²) in [5.74, 6) is 0. The highest BCUT2D eigenvalue weighted by molar-refractivity contribution is 5.80. The third-order valence-electron chi connectivity index (χ3n) is 3.64. The number of fused-ring (bicyclic) bond motifs is 1. The van der Waals surface area contributed by atoms with Crippen LogP contribution in [0.2, 0.25) is 0 Å². The average molecular weight is 267 g/mol. The zero-order valence-electron chi connectivity index (χ0n) is 11.3. The van der Waals surface area contributed by atoms with E-state index in [9.17, 15) is 5.11 Å². The summed E-state index contributed by atoms with van der Waals surface area (Å²) in [7, 11) is 1.60. The van der Waals surface area contributed by atoms with Gasteiger partial charge in [0.25, 0.3) is 0 Å². The van der Waals surface area contributed by atoms with Gasteiger partial charge in [-0.25, -0.2) is 0 Å². The molecule has 20 heavy (non-hydrogen) atoms. The molecule has 3 rings (SSSR count). The van der Waals surface area contributed by atoms with Gasteiger partial charge in [0.1, 0.15) is 5.60 Å². The standard InChI is InChI=1S/C17H17NO2/c1-20-12-17(19,14-5-3-2-4-6-14)15-7-8-16-13(11-15)9-10-18-16/h2-11,18-19H,12H2,1H3. The van der Waals surface area contributed by atoms with E-state index in [0.29, 0.717) is 0 Å². The molecular formula is C17H17NO2. The second-order valence-corrected chi connectivity index (χ2v) is 4.94. The number of nitrogens with one attached hydrogen (secondary N) is 1.